The first kappa shape index (κ1) is 3.78. The largest absolute Gasteiger partial charge is 0.508 e. The van der Waals surface area contributed by atoms with E-state index in [4.69, 9.17) is 11.6 Å². The first-order valence-corrected chi connectivity index (χ1v) is 2.18. The van der Waals surface area contributed by atoms with Gasteiger partial charge >= 0.3 is 0 Å². The highest BCUT2D eigenvalue weighted by Gasteiger charge is 1.85. The molecule has 0 aliphatic heterocycles. The minimum Gasteiger partial charge on any atom is -0.508 e. The topological polar surface area (TPSA) is 40.5 Å². The van der Waals surface area contributed by atoms with Crippen molar-refractivity contribution < 1.29 is 11.6 Å². The minimum atomic E-state index is -0.0833. The molecule has 0 amide bonds. The molecule has 8 heavy (non-hydrogen) atoms. The second kappa shape index (κ2) is 1.74. The number of hydrogen-bond donors (Lipinski definition) is 2. The number of phenolic OH excluding ortho intramolecular Hbond substituents is 2. The third-order valence-corrected chi connectivity index (χ3v) is 0.758. The predicted octanol–water partition coefficient (Wildman–Crippen LogP) is 1.10. The highest BCUT2D eigenvalue weighted by molar-refractivity contribution is 5.30. The lowest BCUT2D eigenvalue weighted by Crippen LogP contribution is -1.61. The maximum absolute atomic E-state index is 8.71. The summed E-state index contributed by atoms with van der Waals surface area (Å²) in [5, 5.41) is 17.4. The molecule has 1 rings (SSSR count). The molecule has 0 atom stereocenters. The van der Waals surface area contributed by atoms with E-state index in [1.54, 1.807) is 0 Å². The summed E-state index contributed by atoms with van der Waals surface area (Å²) in [6.45, 7) is 0. The van der Waals surface area contributed by atoms with Crippen LogP contribution >= 0.6 is 0 Å². The van der Waals surface area contributed by atoms with Crippen LogP contribution in [0.3, 0.4) is 0 Å². The molecule has 0 unspecified atom stereocenters. The van der Waals surface area contributed by atoms with Crippen LogP contribution in [0.15, 0.2) is 24.2 Å². The number of rotatable bonds is 0. The Kier molecular flexibility index (Phi) is 0.821. The molecule has 0 radical (unpaired) electrons. The number of hydrogen-bond acceptors (Lipinski definition) is 2. The van der Waals surface area contributed by atoms with Crippen molar-refractivity contribution in [3.8, 4) is 11.5 Å². The fourth-order valence-electron chi connectivity index (χ4n) is 0.447. The van der Waals surface area contributed by atoms with Gasteiger partial charge in [-0.1, -0.05) is 6.04 Å². The van der Waals surface area contributed by atoms with Gasteiger partial charge in [0.05, 0.1) is 1.37 Å². The summed E-state index contributed by atoms with van der Waals surface area (Å²) in [4.78, 5) is 0. The van der Waals surface area contributed by atoms with Gasteiger partial charge in [0.25, 0.3) is 0 Å². The van der Waals surface area contributed by atoms with Crippen LogP contribution in [0, 0.1) is 0 Å². The Morgan fingerprint density at radius 1 is 1.25 bits per heavy atom. The second-order valence-electron chi connectivity index (χ2n) is 1.45. The quantitative estimate of drug-likeness (QED) is 0.526. The Morgan fingerprint density at radius 2 is 1.75 bits per heavy atom. The van der Waals surface area contributed by atoms with Crippen molar-refractivity contribution in [1.82, 2.24) is 0 Å². The summed E-state index contributed by atoms with van der Waals surface area (Å²) in [6, 6.07) is 3.78. The molecule has 0 heterocycles. The molecule has 0 saturated heterocycles. The molecule has 2 nitrogen and oxygen atoms in total. The van der Waals surface area contributed by atoms with E-state index in [0.717, 1.165) is 0 Å². The molecule has 1 aromatic carbocycles. The zero-order valence-corrected chi connectivity index (χ0v) is 4.13. The molecular formula is C6H6O2. The average molecular weight is 111 g/mol. The number of benzene rings is 1. The van der Waals surface area contributed by atoms with Crippen molar-refractivity contribution in [2.45, 2.75) is 0 Å². The average Bonchev–Trinajstić information content (AvgIpc) is 1.59. The van der Waals surface area contributed by atoms with Crippen molar-refractivity contribution >= 4 is 0 Å². The fraction of sp³-hybridized carbons (Fsp3) is 0. The van der Waals surface area contributed by atoms with Gasteiger partial charge < -0.3 is 10.2 Å². The van der Waals surface area contributed by atoms with Crippen molar-refractivity contribution in [2.75, 3.05) is 0 Å². The lowest BCUT2D eigenvalue weighted by molar-refractivity contribution is 0.450. The van der Waals surface area contributed by atoms with Crippen molar-refractivity contribution in [3.05, 3.63) is 24.2 Å². The molecule has 2 N–H and O–H groups in total. The highest BCUT2D eigenvalue weighted by Crippen LogP contribution is 2.14. The van der Waals surface area contributed by atoms with Crippen molar-refractivity contribution in [1.29, 1.82) is 0 Å². The summed E-state index contributed by atoms with van der Waals surface area (Å²) < 4.78 is 6.96. The van der Waals surface area contributed by atoms with Crippen LogP contribution in [-0.2, 0) is 0 Å². The first-order valence-electron chi connectivity index (χ1n) is 2.68. The molecule has 0 spiro atoms. The minimum absolute atomic E-state index is 0.0833. The van der Waals surface area contributed by atoms with Gasteiger partial charge in [-0.15, -0.1) is 0 Å². The summed E-state index contributed by atoms with van der Waals surface area (Å²) in [7, 11) is 0. The smallest absolute Gasteiger partial charge is 0.119 e. The Hall–Kier alpha value is -1.18. The van der Waals surface area contributed by atoms with E-state index >= 15 is 0 Å². The fourth-order valence-corrected chi connectivity index (χ4v) is 0.447. The Bertz CT molecular complexity index is 172. The molecule has 0 aromatic heterocycles. The Labute approximate surface area is 48.4 Å². The van der Waals surface area contributed by atoms with Crippen LogP contribution in [0.2, 0.25) is 0 Å². The third kappa shape index (κ3) is 0.904. The van der Waals surface area contributed by atoms with Crippen molar-refractivity contribution in [2.24, 2.45) is 0 Å². The van der Waals surface area contributed by atoms with E-state index in [9.17, 15) is 0 Å². The maximum Gasteiger partial charge on any atom is 0.119 e. The van der Waals surface area contributed by atoms with Crippen LogP contribution in [0.25, 0.3) is 0 Å². The van der Waals surface area contributed by atoms with E-state index < -0.39 is 0 Å². The summed E-state index contributed by atoms with van der Waals surface area (Å²) in [6.07, 6.45) is 0. The molecule has 2 heteroatoms. The molecule has 1 aromatic rings. The Balaban J connectivity index is 3.17. The van der Waals surface area contributed by atoms with E-state index in [0.29, 0.717) is 0 Å². The number of phenols is 2. The molecular weight excluding hydrogens is 104 g/mol. The zero-order chi connectivity index (χ0) is 6.85. The van der Waals surface area contributed by atoms with Gasteiger partial charge in [0, 0.05) is 6.07 Å². The summed E-state index contributed by atoms with van der Waals surface area (Å²) in [5.41, 5.74) is 0. The third-order valence-electron chi connectivity index (χ3n) is 0.758. The highest BCUT2D eigenvalue weighted by atomic mass is 16.3. The standard InChI is InChI=1S/C6H6O2/c7-5-2-1-3-6(8)4-5/h1-4,7-8H/i1D. The first-order chi connectivity index (χ1) is 4.18. The maximum atomic E-state index is 8.71. The molecule has 42 valence electrons. The predicted molar refractivity (Wildman–Crippen MR) is 29.8 cm³/mol. The molecule has 0 fully saturated rings. The van der Waals surface area contributed by atoms with Crippen LogP contribution in [-0.4, -0.2) is 10.2 Å². The lowest BCUT2D eigenvalue weighted by Gasteiger charge is -1.89. The SMILES string of the molecule is [2H]c1cc(O)cc(O)c1. The van der Waals surface area contributed by atoms with Crippen molar-refractivity contribution in [3.63, 3.8) is 0 Å². The van der Waals surface area contributed by atoms with E-state index in [-0.39, 0.29) is 17.5 Å². The van der Waals surface area contributed by atoms with Gasteiger partial charge in [-0.2, -0.15) is 0 Å². The van der Waals surface area contributed by atoms with Crippen LogP contribution < -0.4 is 0 Å². The lowest BCUT2D eigenvalue weighted by atomic mass is 10.3. The van der Waals surface area contributed by atoms with Gasteiger partial charge in [0.1, 0.15) is 11.5 Å². The van der Waals surface area contributed by atoms with Gasteiger partial charge in [0.15, 0.2) is 0 Å². The molecule has 0 aliphatic carbocycles. The van der Waals surface area contributed by atoms with Crippen LogP contribution in [0.5, 0.6) is 11.5 Å². The van der Waals surface area contributed by atoms with E-state index in [1.165, 1.54) is 18.2 Å². The van der Waals surface area contributed by atoms with Gasteiger partial charge in [-0.25, -0.2) is 0 Å². The molecule has 0 saturated carbocycles. The second-order valence-corrected chi connectivity index (χ2v) is 1.45. The van der Waals surface area contributed by atoms with Gasteiger partial charge in [-0.3, -0.25) is 0 Å². The van der Waals surface area contributed by atoms with Crippen LogP contribution in [0.1, 0.15) is 1.37 Å². The van der Waals surface area contributed by atoms with Gasteiger partial charge in [0.2, 0.25) is 0 Å². The van der Waals surface area contributed by atoms with Crippen LogP contribution in [0.4, 0.5) is 0 Å². The normalized spacial score (nSPS) is 10.8. The molecule has 0 aliphatic rings. The zero-order valence-electron chi connectivity index (χ0n) is 5.13. The summed E-state index contributed by atoms with van der Waals surface area (Å²) >= 11 is 0. The Morgan fingerprint density at radius 3 is 2.12 bits per heavy atom. The molecule has 0 bridgehead atoms. The van der Waals surface area contributed by atoms with E-state index in [1.807, 2.05) is 0 Å². The van der Waals surface area contributed by atoms with E-state index in [2.05, 4.69) is 0 Å². The summed E-state index contributed by atoms with van der Waals surface area (Å²) in [5.74, 6) is -0.167. The number of aromatic hydroxyl groups is 2. The monoisotopic (exact) mass is 111 g/mol. The van der Waals surface area contributed by atoms with Gasteiger partial charge in [-0.05, 0) is 12.1 Å².